The normalized spacial score (nSPS) is 22.6. The maximum absolute atomic E-state index is 6.15. The van der Waals surface area contributed by atoms with E-state index in [0.717, 1.165) is 35.2 Å². The minimum absolute atomic E-state index is 0.00569. The van der Waals surface area contributed by atoms with Crippen molar-refractivity contribution in [3.63, 3.8) is 0 Å². The summed E-state index contributed by atoms with van der Waals surface area (Å²) in [6.45, 7) is 3.82. The topological polar surface area (TPSA) is 44.5 Å². The zero-order chi connectivity index (χ0) is 12.3. The number of nitrogens with two attached hydrogens (primary N) is 1. The third-order valence-corrected chi connectivity index (χ3v) is 4.00. The molecule has 1 aromatic rings. The Morgan fingerprint density at radius 1 is 1.24 bits per heavy atom. The van der Waals surface area contributed by atoms with Gasteiger partial charge in [-0.15, -0.1) is 0 Å². The summed E-state index contributed by atoms with van der Waals surface area (Å²) in [6.07, 6.45) is 3.11. The van der Waals surface area contributed by atoms with E-state index in [4.69, 9.17) is 15.2 Å². The summed E-state index contributed by atoms with van der Waals surface area (Å²) >= 11 is 3.58. The molecule has 2 aliphatic rings. The highest BCUT2D eigenvalue weighted by Crippen LogP contribution is 2.44. The largest absolute Gasteiger partial charge is 0.449 e. The van der Waals surface area contributed by atoms with Crippen LogP contribution in [-0.4, -0.2) is 11.3 Å². The summed E-state index contributed by atoms with van der Waals surface area (Å²) in [6, 6.07) is 4.02. The lowest BCUT2D eigenvalue weighted by atomic mass is 10.0. The second-order valence-corrected chi connectivity index (χ2v) is 6.39. The van der Waals surface area contributed by atoms with Crippen LogP contribution in [-0.2, 0) is 6.42 Å². The summed E-state index contributed by atoms with van der Waals surface area (Å²) in [5.41, 5.74) is 7.36. The fourth-order valence-corrected chi connectivity index (χ4v) is 2.60. The van der Waals surface area contributed by atoms with Gasteiger partial charge >= 0.3 is 0 Å². The fourth-order valence-electron chi connectivity index (χ4n) is 2.14. The molecule has 1 aliphatic heterocycles. The molecule has 4 heteroatoms. The molecule has 0 unspecified atom stereocenters. The minimum Gasteiger partial charge on any atom is -0.449 e. The minimum atomic E-state index is -0.569. The summed E-state index contributed by atoms with van der Waals surface area (Å²) in [4.78, 5) is 0. The molecule has 0 aromatic heterocycles. The smallest absolute Gasteiger partial charge is 0.246 e. The van der Waals surface area contributed by atoms with Crippen LogP contribution in [0.1, 0.15) is 32.3 Å². The van der Waals surface area contributed by atoms with Crippen LogP contribution in [0, 0.1) is 0 Å². The molecule has 0 amide bonds. The van der Waals surface area contributed by atoms with Gasteiger partial charge in [0, 0.05) is 23.9 Å². The lowest BCUT2D eigenvalue weighted by Gasteiger charge is -2.16. The van der Waals surface area contributed by atoms with Gasteiger partial charge in [0.25, 0.3) is 0 Å². The molecule has 3 nitrogen and oxygen atoms in total. The van der Waals surface area contributed by atoms with Gasteiger partial charge in [-0.1, -0.05) is 15.9 Å². The van der Waals surface area contributed by atoms with Gasteiger partial charge in [0.2, 0.25) is 5.79 Å². The van der Waals surface area contributed by atoms with Crippen molar-refractivity contribution in [3.05, 3.63) is 22.2 Å². The van der Waals surface area contributed by atoms with E-state index in [1.54, 1.807) is 0 Å². The molecule has 1 aliphatic carbocycles. The van der Waals surface area contributed by atoms with Crippen LogP contribution >= 0.6 is 15.9 Å². The van der Waals surface area contributed by atoms with Gasteiger partial charge in [0.1, 0.15) is 0 Å². The molecule has 1 aromatic carbocycles. The second kappa shape index (κ2) is 3.39. The van der Waals surface area contributed by atoms with E-state index >= 15 is 0 Å². The standard InChI is InChI=1S/C13H16BrNO2/c1-12(2)16-10-5-8(7-13(15)3-4-13)9(14)6-11(10)17-12/h5-6H,3-4,7,15H2,1-2H3. The molecule has 0 radical (unpaired) electrons. The van der Waals surface area contributed by atoms with Crippen LogP contribution in [0.5, 0.6) is 11.5 Å². The Kier molecular flexibility index (Phi) is 2.26. The number of hydrogen-bond acceptors (Lipinski definition) is 3. The van der Waals surface area contributed by atoms with Crippen molar-refractivity contribution in [3.8, 4) is 11.5 Å². The first-order chi connectivity index (χ1) is 7.87. The van der Waals surface area contributed by atoms with Crippen molar-refractivity contribution in [1.82, 2.24) is 0 Å². The first-order valence-electron chi connectivity index (χ1n) is 5.86. The van der Waals surface area contributed by atoms with E-state index in [1.165, 1.54) is 5.56 Å². The van der Waals surface area contributed by atoms with Crippen molar-refractivity contribution < 1.29 is 9.47 Å². The molecule has 1 saturated carbocycles. The third-order valence-electron chi connectivity index (χ3n) is 3.26. The number of hydrogen-bond donors (Lipinski definition) is 1. The zero-order valence-corrected chi connectivity index (χ0v) is 11.6. The van der Waals surface area contributed by atoms with E-state index in [1.807, 2.05) is 26.0 Å². The molecule has 1 fully saturated rings. The third kappa shape index (κ3) is 2.16. The van der Waals surface area contributed by atoms with Gasteiger partial charge in [0.05, 0.1) is 0 Å². The van der Waals surface area contributed by atoms with Gasteiger partial charge < -0.3 is 15.2 Å². The van der Waals surface area contributed by atoms with Gasteiger partial charge in [-0.2, -0.15) is 0 Å². The average molecular weight is 298 g/mol. The molecule has 0 atom stereocenters. The van der Waals surface area contributed by atoms with Crippen molar-refractivity contribution >= 4 is 15.9 Å². The van der Waals surface area contributed by atoms with Crippen LogP contribution < -0.4 is 15.2 Å². The maximum atomic E-state index is 6.15. The lowest BCUT2D eigenvalue weighted by Crippen LogP contribution is -2.29. The Bertz CT molecular complexity index is 481. The first-order valence-corrected chi connectivity index (χ1v) is 6.66. The number of halogens is 1. The van der Waals surface area contributed by atoms with E-state index in [-0.39, 0.29) is 5.54 Å². The van der Waals surface area contributed by atoms with Crippen LogP contribution in [0.2, 0.25) is 0 Å². The second-order valence-electron chi connectivity index (χ2n) is 5.53. The summed E-state index contributed by atoms with van der Waals surface area (Å²) < 4.78 is 12.5. The van der Waals surface area contributed by atoms with E-state index < -0.39 is 5.79 Å². The fraction of sp³-hybridized carbons (Fsp3) is 0.538. The molecular formula is C13H16BrNO2. The molecule has 92 valence electrons. The molecule has 17 heavy (non-hydrogen) atoms. The molecule has 3 rings (SSSR count). The molecule has 1 heterocycles. The molecule has 0 spiro atoms. The van der Waals surface area contributed by atoms with Gasteiger partial charge in [-0.25, -0.2) is 0 Å². The lowest BCUT2D eigenvalue weighted by molar-refractivity contribution is -0.0431. The Morgan fingerprint density at radius 3 is 2.41 bits per heavy atom. The van der Waals surface area contributed by atoms with Crippen LogP contribution in [0.15, 0.2) is 16.6 Å². The van der Waals surface area contributed by atoms with Crippen LogP contribution in [0.4, 0.5) is 0 Å². The van der Waals surface area contributed by atoms with Crippen molar-refractivity contribution in [1.29, 1.82) is 0 Å². The molecule has 2 N–H and O–H groups in total. The van der Waals surface area contributed by atoms with Gasteiger partial charge in [-0.05, 0) is 37.0 Å². The zero-order valence-electron chi connectivity index (χ0n) is 10.0. The van der Waals surface area contributed by atoms with Gasteiger partial charge in [0.15, 0.2) is 11.5 Å². The number of fused-ring (bicyclic) bond motifs is 1. The van der Waals surface area contributed by atoms with E-state index in [2.05, 4.69) is 15.9 Å². The van der Waals surface area contributed by atoms with E-state index in [9.17, 15) is 0 Å². The maximum Gasteiger partial charge on any atom is 0.246 e. The summed E-state index contributed by atoms with van der Waals surface area (Å²) in [7, 11) is 0. The Morgan fingerprint density at radius 2 is 1.82 bits per heavy atom. The highest BCUT2D eigenvalue weighted by Gasteiger charge is 2.39. The van der Waals surface area contributed by atoms with Crippen LogP contribution in [0.3, 0.4) is 0 Å². The van der Waals surface area contributed by atoms with E-state index in [0.29, 0.717) is 0 Å². The first kappa shape index (κ1) is 11.4. The number of benzene rings is 1. The summed E-state index contributed by atoms with van der Waals surface area (Å²) in [5.74, 6) is 1.05. The number of rotatable bonds is 2. The number of ether oxygens (including phenoxy) is 2. The van der Waals surface area contributed by atoms with Crippen LogP contribution in [0.25, 0.3) is 0 Å². The van der Waals surface area contributed by atoms with Crippen molar-refractivity contribution in [2.45, 2.75) is 44.4 Å². The predicted octanol–water partition coefficient (Wildman–Crippen LogP) is 2.99. The Labute approximate surface area is 109 Å². The molecular weight excluding hydrogens is 282 g/mol. The van der Waals surface area contributed by atoms with Crippen molar-refractivity contribution in [2.75, 3.05) is 0 Å². The highest BCUT2D eigenvalue weighted by atomic mass is 79.9. The quantitative estimate of drug-likeness (QED) is 0.913. The highest BCUT2D eigenvalue weighted by molar-refractivity contribution is 9.10. The molecule has 0 saturated heterocycles. The Balaban J connectivity index is 1.92. The monoisotopic (exact) mass is 297 g/mol. The molecule has 0 bridgehead atoms. The van der Waals surface area contributed by atoms with Crippen molar-refractivity contribution in [2.24, 2.45) is 5.73 Å². The average Bonchev–Trinajstić information content (AvgIpc) is 2.82. The Hall–Kier alpha value is -0.740. The SMILES string of the molecule is CC1(C)Oc2cc(Br)c(CC3(N)CC3)cc2O1. The van der Waals surface area contributed by atoms with Gasteiger partial charge in [-0.3, -0.25) is 0 Å². The summed E-state index contributed by atoms with van der Waals surface area (Å²) in [5, 5.41) is 0. The predicted molar refractivity (Wildman–Crippen MR) is 69.3 cm³/mol.